The molecule has 2 aromatic carbocycles. The summed E-state index contributed by atoms with van der Waals surface area (Å²) in [4.78, 5) is 36.4. The predicted octanol–water partition coefficient (Wildman–Crippen LogP) is 2.29. The van der Waals surface area contributed by atoms with E-state index in [0.717, 1.165) is 22.3 Å². The number of fused-ring (bicyclic) bond motifs is 3. The molecule has 1 aliphatic rings. The quantitative estimate of drug-likeness (QED) is 0.430. The number of aromatic nitrogens is 2. The summed E-state index contributed by atoms with van der Waals surface area (Å²) in [7, 11) is 2.92. The number of ether oxygens (including phenoxy) is 2. The van der Waals surface area contributed by atoms with E-state index in [2.05, 4.69) is 15.7 Å². The van der Waals surface area contributed by atoms with Gasteiger partial charge in [-0.1, -0.05) is 48.5 Å². The smallest absolute Gasteiger partial charge is 0.407 e. The molecule has 1 aromatic heterocycles. The number of nitrogens with one attached hydrogen (secondary N) is 2. The van der Waals surface area contributed by atoms with Crippen molar-refractivity contribution in [2.24, 2.45) is 7.05 Å². The number of hydrogen-bond donors (Lipinski definition) is 3. The van der Waals surface area contributed by atoms with Crippen LogP contribution in [0.25, 0.3) is 11.1 Å². The van der Waals surface area contributed by atoms with Crippen LogP contribution in [0.2, 0.25) is 0 Å². The number of carboxylic acids is 1. The molecule has 0 spiro atoms. The lowest BCUT2D eigenvalue weighted by Crippen LogP contribution is -2.49. The normalized spacial score (nSPS) is 13.0. The average Bonchev–Trinajstić information content (AvgIpc) is 3.38. The van der Waals surface area contributed by atoms with Crippen LogP contribution < -0.4 is 10.6 Å². The van der Waals surface area contributed by atoms with Crippen molar-refractivity contribution in [2.75, 3.05) is 20.3 Å². The maximum Gasteiger partial charge on any atom is 0.407 e. The SMILES string of the molecule is COCC(NC(=O)OCC1c2ccccc2-c2ccccc21)C(=O)NCc1cc(C(=O)O)n(C)n1. The lowest BCUT2D eigenvalue weighted by Gasteiger charge is -2.19. The Morgan fingerprint density at radius 2 is 1.71 bits per heavy atom. The molecule has 1 heterocycles. The lowest BCUT2D eigenvalue weighted by molar-refractivity contribution is -0.124. The monoisotopic (exact) mass is 478 g/mol. The van der Waals surface area contributed by atoms with Gasteiger partial charge in [0, 0.05) is 20.1 Å². The number of rotatable bonds is 9. The highest BCUT2D eigenvalue weighted by molar-refractivity contribution is 5.87. The predicted molar refractivity (Wildman–Crippen MR) is 126 cm³/mol. The first kappa shape index (κ1) is 24.0. The molecule has 0 aliphatic heterocycles. The third kappa shape index (κ3) is 5.17. The van der Waals surface area contributed by atoms with Crippen molar-refractivity contribution in [3.63, 3.8) is 0 Å². The van der Waals surface area contributed by atoms with Crippen LogP contribution >= 0.6 is 0 Å². The fourth-order valence-corrected chi connectivity index (χ4v) is 4.25. The van der Waals surface area contributed by atoms with Crippen molar-refractivity contribution >= 4 is 18.0 Å². The highest BCUT2D eigenvalue weighted by atomic mass is 16.5. The summed E-state index contributed by atoms with van der Waals surface area (Å²) < 4.78 is 11.8. The highest BCUT2D eigenvalue weighted by Gasteiger charge is 2.30. The van der Waals surface area contributed by atoms with E-state index in [9.17, 15) is 14.4 Å². The summed E-state index contributed by atoms with van der Waals surface area (Å²) in [6, 6.07) is 16.4. The number of carboxylic acid groups (broad SMARTS) is 1. The van der Waals surface area contributed by atoms with Gasteiger partial charge in [0.2, 0.25) is 5.91 Å². The van der Waals surface area contributed by atoms with Gasteiger partial charge in [0.1, 0.15) is 18.3 Å². The number of amides is 2. The molecule has 10 heteroatoms. The first-order chi connectivity index (χ1) is 16.9. The Balaban J connectivity index is 1.35. The van der Waals surface area contributed by atoms with Gasteiger partial charge >= 0.3 is 12.1 Å². The van der Waals surface area contributed by atoms with Gasteiger partial charge in [-0.05, 0) is 28.3 Å². The molecule has 1 unspecified atom stereocenters. The van der Waals surface area contributed by atoms with Crippen LogP contribution in [0.15, 0.2) is 54.6 Å². The minimum Gasteiger partial charge on any atom is -0.477 e. The highest BCUT2D eigenvalue weighted by Crippen LogP contribution is 2.44. The van der Waals surface area contributed by atoms with E-state index in [-0.39, 0.29) is 31.4 Å². The molecular weight excluding hydrogens is 452 g/mol. The average molecular weight is 479 g/mol. The largest absolute Gasteiger partial charge is 0.477 e. The van der Waals surface area contributed by atoms with E-state index in [4.69, 9.17) is 14.6 Å². The van der Waals surface area contributed by atoms with Gasteiger partial charge in [-0.2, -0.15) is 5.10 Å². The Morgan fingerprint density at radius 1 is 1.09 bits per heavy atom. The zero-order chi connectivity index (χ0) is 24.9. The van der Waals surface area contributed by atoms with Gasteiger partial charge in [0.05, 0.1) is 18.8 Å². The van der Waals surface area contributed by atoms with Gasteiger partial charge in [0.25, 0.3) is 0 Å². The molecule has 0 saturated heterocycles. The summed E-state index contributed by atoms with van der Waals surface area (Å²) in [6.45, 7) is 0.0399. The molecule has 3 aromatic rings. The van der Waals surface area contributed by atoms with Crippen molar-refractivity contribution in [3.05, 3.63) is 77.1 Å². The standard InChI is InChI=1S/C25H26N4O6/c1-29-22(24(31)32)11-15(28-29)12-26-23(30)21(14-34-2)27-25(33)35-13-20-18-9-5-3-7-16(18)17-8-4-6-10-19(17)20/h3-11,20-21H,12-14H2,1-2H3,(H,26,30)(H,27,33)(H,31,32). The van der Waals surface area contributed by atoms with Gasteiger partial charge in [-0.15, -0.1) is 0 Å². The Bertz CT molecular complexity index is 1210. The molecule has 0 fully saturated rings. The number of hydrogen-bond acceptors (Lipinski definition) is 6. The third-order valence-corrected chi connectivity index (χ3v) is 5.88. The van der Waals surface area contributed by atoms with Crippen LogP contribution in [0.1, 0.15) is 33.2 Å². The fraction of sp³-hybridized carbons (Fsp3) is 0.280. The summed E-state index contributed by atoms with van der Waals surface area (Å²) in [5.41, 5.74) is 4.78. The molecule has 1 aliphatic carbocycles. The molecule has 2 amide bonds. The maximum absolute atomic E-state index is 12.6. The van der Waals surface area contributed by atoms with Gasteiger partial charge in [0.15, 0.2) is 0 Å². The molecule has 0 bridgehead atoms. The fourth-order valence-electron chi connectivity index (χ4n) is 4.25. The number of carbonyl (C=O) groups is 3. The van der Waals surface area contributed by atoms with E-state index in [0.29, 0.717) is 5.69 Å². The number of aromatic carboxylic acids is 1. The first-order valence-electron chi connectivity index (χ1n) is 11.0. The van der Waals surface area contributed by atoms with Crippen LogP contribution in [-0.4, -0.2) is 59.2 Å². The molecule has 10 nitrogen and oxygen atoms in total. The topological polar surface area (TPSA) is 132 Å². The van der Waals surface area contributed by atoms with Crippen LogP contribution in [-0.2, 0) is 27.9 Å². The number of methoxy groups -OCH3 is 1. The van der Waals surface area contributed by atoms with Crippen molar-refractivity contribution in [1.29, 1.82) is 0 Å². The molecule has 35 heavy (non-hydrogen) atoms. The Kier molecular flexibility index (Phi) is 7.11. The van der Waals surface area contributed by atoms with E-state index in [1.165, 1.54) is 24.9 Å². The molecular formula is C25H26N4O6. The Labute approximate surface area is 201 Å². The number of nitrogens with zero attached hydrogens (tertiary/aromatic N) is 2. The Morgan fingerprint density at radius 3 is 2.29 bits per heavy atom. The molecule has 3 N–H and O–H groups in total. The lowest BCUT2D eigenvalue weighted by atomic mass is 9.98. The summed E-state index contributed by atoms with van der Waals surface area (Å²) in [5, 5.41) is 18.4. The van der Waals surface area contributed by atoms with E-state index >= 15 is 0 Å². The molecule has 182 valence electrons. The molecule has 1 atom stereocenters. The zero-order valence-corrected chi connectivity index (χ0v) is 19.4. The minimum absolute atomic E-state index is 0.000506. The van der Waals surface area contributed by atoms with Gasteiger partial charge < -0.3 is 25.2 Å². The van der Waals surface area contributed by atoms with Crippen LogP contribution in [0, 0.1) is 0 Å². The zero-order valence-electron chi connectivity index (χ0n) is 19.4. The van der Waals surface area contributed by atoms with E-state index in [1.54, 1.807) is 0 Å². The molecule has 4 rings (SSSR count). The first-order valence-corrected chi connectivity index (χ1v) is 11.0. The number of benzene rings is 2. The van der Waals surface area contributed by atoms with Gasteiger partial charge in [-0.25, -0.2) is 9.59 Å². The van der Waals surface area contributed by atoms with Crippen LogP contribution in [0.3, 0.4) is 0 Å². The second kappa shape index (κ2) is 10.4. The van der Waals surface area contributed by atoms with E-state index in [1.807, 2.05) is 48.5 Å². The van der Waals surface area contributed by atoms with Crippen LogP contribution in [0.4, 0.5) is 4.79 Å². The van der Waals surface area contributed by atoms with Crippen molar-refractivity contribution in [1.82, 2.24) is 20.4 Å². The molecule has 0 saturated carbocycles. The van der Waals surface area contributed by atoms with Gasteiger partial charge in [-0.3, -0.25) is 9.48 Å². The number of aryl methyl sites for hydroxylation is 1. The maximum atomic E-state index is 12.6. The number of alkyl carbamates (subject to hydrolysis) is 1. The Hall–Kier alpha value is -4.18. The van der Waals surface area contributed by atoms with Crippen LogP contribution in [0.5, 0.6) is 0 Å². The van der Waals surface area contributed by atoms with Crippen molar-refractivity contribution < 1.29 is 29.0 Å². The third-order valence-electron chi connectivity index (χ3n) is 5.88. The van der Waals surface area contributed by atoms with Crippen molar-refractivity contribution in [2.45, 2.75) is 18.5 Å². The second-order valence-corrected chi connectivity index (χ2v) is 8.15. The summed E-state index contributed by atoms with van der Waals surface area (Å²) in [5.74, 6) is -1.73. The summed E-state index contributed by atoms with van der Waals surface area (Å²) in [6.07, 6.45) is -0.741. The van der Waals surface area contributed by atoms with Crippen molar-refractivity contribution in [3.8, 4) is 11.1 Å². The number of carbonyl (C=O) groups excluding carboxylic acids is 2. The van der Waals surface area contributed by atoms with E-state index < -0.39 is 24.0 Å². The summed E-state index contributed by atoms with van der Waals surface area (Å²) >= 11 is 0. The molecule has 0 radical (unpaired) electrons. The second-order valence-electron chi connectivity index (χ2n) is 8.15. The minimum atomic E-state index is -1.12.